The predicted molar refractivity (Wildman–Crippen MR) is 250 cm³/mol. The van der Waals surface area contributed by atoms with Crippen molar-refractivity contribution in [3.8, 4) is 0 Å². The second-order valence-corrected chi connectivity index (χ2v) is 31.4. The monoisotopic (exact) mass is 863 g/mol. The van der Waals surface area contributed by atoms with Gasteiger partial charge in [0.2, 0.25) is 0 Å². The van der Waals surface area contributed by atoms with Crippen LogP contribution in [0.15, 0.2) is 46.0 Å². The van der Waals surface area contributed by atoms with Crippen molar-refractivity contribution >= 4 is 22.4 Å². The Hall–Kier alpha value is -1.54. The summed E-state index contributed by atoms with van der Waals surface area (Å²) in [5.74, 6) is 0.719. The van der Waals surface area contributed by atoms with Gasteiger partial charge in [-0.2, -0.15) is 0 Å². The summed E-state index contributed by atoms with van der Waals surface area (Å²) >= 11 is 0. The average molecular weight is 863 g/mol. The summed E-state index contributed by atoms with van der Waals surface area (Å²) in [4.78, 5) is 12.3. The number of aliphatic hydroxyl groups excluding tert-OH is 2. The summed E-state index contributed by atoms with van der Waals surface area (Å²) in [6.45, 7) is 42.5. The Bertz CT molecular complexity index is 1540. The summed E-state index contributed by atoms with van der Waals surface area (Å²) in [7, 11) is -3.14. The van der Waals surface area contributed by atoms with E-state index in [1.807, 2.05) is 27.7 Å². The molecule has 1 aliphatic carbocycles. The first-order chi connectivity index (χ1) is 26.8. The second kappa shape index (κ2) is 20.8. The predicted octanol–water partition coefficient (Wildman–Crippen LogP) is 11.8. The van der Waals surface area contributed by atoms with E-state index >= 15 is 0 Å². The van der Waals surface area contributed by atoms with Crippen molar-refractivity contribution in [1.29, 1.82) is 0 Å². The molecule has 342 valence electrons. The summed E-state index contributed by atoms with van der Waals surface area (Å²) in [6.07, 6.45) is 4.62. The zero-order valence-corrected chi connectivity index (χ0v) is 43.6. The highest BCUT2D eigenvalue weighted by Gasteiger charge is 2.54. The van der Waals surface area contributed by atoms with E-state index in [1.165, 1.54) is 0 Å². The number of methoxy groups -OCH3 is 1. The van der Waals surface area contributed by atoms with Crippen molar-refractivity contribution in [1.82, 2.24) is 0 Å². The third-order valence-electron chi connectivity index (χ3n) is 14.8. The number of hydrogen-bond donors (Lipinski definition) is 3. The van der Waals surface area contributed by atoms with E-state index in [-0.39, 0.29) is 45.6 Å². The van der Waals surface area contributed by atoms with Gasteiger partial charge in [0.05, 0.1) is 43.0 Å². The Labute approximate surface area is 363 Å². The SMILES string of the molecule is CCC(=O)[C@H](C)[C@H](O)[C@@H](C)/C=C(\C)C[C@H](C)[C@H](O)[C@H](C)[C@H]1C/C=C(/C)[C@@H](O[Si](C)(C)C(C)(C)C)[C@](C)(O)[C@@H](O[Si](C)(C)C(C)(C)C)[C@H](CC)C2=C(OC)CC(C)=C(C2)O1. The van der Waals surface area contributed by atoms with Crippen LogP contribution in [0.3, 0.4) is 0 Å². The molecule has 0 aromatic carbocycles. The number of hydrogen-bond acceptors (Lipinski definition) is 8. The smallest absolute Gasteiger partial charge is 0.193 e. The van der Waals surface area contributed by atoms with E-state index in [9.17, 15) is 20.1 Å². The molecule has 0 radical (unpaired) electrons. The summed E-state index contributed by atoms with van der Waals surface area (Å²) in [5, 5.41) is 36.2. The van der Waals surface area contributed by atoms with Crippen molar-refractivity contribution in [2.45, 2.75) is 222 Å². The van der Waals surface area contributed by atoms with Gasteiger partial charge in [0.15, 0.2) is 16.6 Å². The molecule has 0 fully saturated rings. The molecule has 2 aliphatic rings. The third kappa shape index (κ3) is 13.0. The van der Waals surface area contributed by atoms with E-state index in [2.05, 4.69) is 115 Å². The maximum Gasteiger partial charge on any atom is 0.193 e. The minimum absolute atomic E-state index is 0.0599. The van der Waals surface area contributed by atoms with Gasteiger partial charge >= 0.3 is 0 Å². The number of allylic oxidation sites excluding steroid dienone is 3. The zero-order chi connectivity index (χ0) is 45.8. The van der Waals surface area contributed by atoms with E-state index in [0.717, 1.165) is 40.2 Å². The van der Waals surface area contributed by atoms with Crippen LogP contribution in [0.1, 0.15) is 149 Å². The number of rotatable bonds is 16. The lowest BCUT2D eigenvalue weighted by Gasteiger charge is -2.51. The Kier molecular flexibility index (Phi) is 18.9. The van der Waals surface area contributed by atoms with Crippen molar-refractivity contribution < 1.29 is 38.4 Å². The first-order valence-electron chi connectivity index (χ1n) is 22.7. The number of aliphatic hydroxyl groups is 3. The van der Waals surface area contributed by atoms with Crippen LogP contribution < -0.4 is 0 Å². The number of ketones is 1. The molecule has 10 heteroatoms. The number of ether oxygens (including phenoxy) is 2. The molecule has 59 heavy (non-hydrogen) atoms. The topological polar surface area (TPSA) is 115 Å². The van der Waals surface area contributed by atoms with Gasteiger partial charge in [-0.1, -0.05) is 101 Å². The summed E-state index contributed by atoms with van der Waals surface area (Å²) < 4.78 is 28.1. The fourth-order valence-corrected chi connectivity index (χ4v) is 11.3. The fourth-order valence-electron chi connectivity index (χ4n) is 8.51. The molecule has 0 spiro atoms. The lowest BCUT2D eigenvalue weighted by atomic mass is 9.74. The van der Waals surface area contributed by atoms with Crippen LogP contribution in [0.2, 0.25) is 36.3 Å². The highest BCUT2D eigenvalue weighted by atomic mass is 28.4. The molecule has 2 bridgehead atoms. The Balaban J connectivity index is 2.78. The van der Waals surface area contributed by atoms with Crippen molar-refractivity contribution in [3.05, 3.63) is 46.0 Å². The molecule has 3 N–H and O–H groups in total. The van der Waals surface area contributed by atoms with E-state index in [4.69, 9.17) is 18.3 Å². The maximum absolute atomic E-state index is 13.4. The fraction of sp³-hybridized carbons (Fsp3) is 0.816. The Morgan fingerprint density at radius 2 is 1.49 bits per heavy atom. The van der Waals surface area contributed by atoms with Crippen LogP contribution in [0, 0.1) is 29.6 Å². The van der Waals surface area contributed by atoms with Crippen LogP contribution in [0.4, 0.5) is 0 Å². The van der Waals surface area contributed by atoms with Crippen molar-refractivity contribution in [2.75, 3.05) is 7.11 Å². The van der Waals surface area contributed by atoms with Crippen LogP contribution in [0.25, 0.3) is 0 Å². The van der Waals surface area contributed by atoms with E-state index in [1.54, 1.807) is 14.0 Å². The minimum Gasteiger partial charge on any atom is -0.501 e. The molecule has 0 aromatic heterocycles. The molecule has 0 aromatic rings. The highest BCUT2D eigenvalue weighted by molar-refractivity contribution is 6.74. The summed E-state index contributed by atoms with van der Waals surface area (Å²) in [5.41, 5.74) is 2.79. The van der Waals surface area contributed by atoms with Gasteiger partial charge in [0.1, 0.15) is 17.5 Å². The molecule has 1 aliphatic heterocycles. The van der Waals surface area contributed by atoms with Gasteiger partial charge in [-0.25, -0.2) is 0 Å². The van der Waals surface area contributed by atoms with E-state index in [0.29, 0.717) is 32.1 Å². The normalized spacial score (nSPS) is 28.6. The molecular formula is C49H90O8Si2. The molecular weight excluding hydrogens is 773 g/mol. The van der Waals surface area contributed by atoms with Crippen molar-refractivity contribution in [2.24, 2.45) is 29.6 Å². The Morgan fingerprint density at radius 3 is 1.98 bits per heavy atom. The van der Waals surface area contributed by atoms with Gasteiger partial charge < -0.3 is 33.6 Å². The van der Waals surface area contributed by atoms with Gasteiger partial charge in [0.25, 0.3) is 0 Å². The molecule has 1 heterocycles. The van der Waals surface area contributed by atoms with Crippen LogP contribution in [-0.4, -0.2) is 81.0 Å². The zero-order valence-electron chi connectivity index (χ0n) is 41.6. The van der Waals surface area contributed by atoms with Gasteiger partial charge in [-0.15, -0.1) is 0 Å². The van der Waals surface area contributed by atoms with Crippen molar-refractivity contribution in [3.63, 3.8) is 0 Å². The molecule has 0 unspecified atom stereocenters. The largest absolute Gasteiger partial charge is 0.501 e. The second-order valence-electron chi connectivity index (χ2n) is 21.8. The standard InChI is InChI=1S/C49H90O8Si2/c1-22-37-38-29-41(32(5)28-42(38)54-17)55-40(36(9)44(52)34(7)27-30(3)26-33(6)43(51)35(8)39(50)23-2)25-24-31(4)45(56-58(18,19)47(10,11)12)49(16,53)46(37)57-59(20,21)48(13,14)15/h24,26,33-37,40,43-46,51-53H,22-23,25,27-29H2,1-21H3/b30-26+,31-24-/t33-,34-,35-,36+,37+,40+,43+,44-,45+,46-,49-/m0/s1. The lowest BCUT2D eigenvalue weighted by molar-refractivity contribution is -0.127. The number of Topliss-reactive ketones (excluding diaryl/α,β-unsaturated/α-hetero) is 1. The molecule has 0 amide bonds. The van der Waals surface area contributed by atoms with Gasteiger partial charge in [-0.3, -0.25) is 4.79 Å². The molecule has 8 nitrogen and oxygen atoms in total. The first kappa shape index (κ1) is 53.6. The first-order valence-corrected chi connectivity index (χ1v) is 28.5. The van der Waals surface area contributed by atoms with Gasteiger partial charge in [0, 0.05) is 49.4 Å². The van der Waals surface area contributed by atoms with Crippen LogP contribution >= 0.6 is 0 Å². The van der Waals surface area contributed by atoms with Crippen LogP contribution in [-0.2, 0) is 23.1 Å². The van der Waals surface area contributed by atoms with E-state index < -0.39 is 52.6 Å². The number of fused-ring (bicyclic) bond motifs is 2. The molecule has 0 saturated carbocycles. The highest BCUT2D eigenvalue weighted by Crippen LogP contribution is 2.48. The number of carbonyl (C=O) groups excluding carboxylic acids is 1. The van der Waals surface area contributed by atoms with Gasteiger partial charge in [-0.05, 0) is 99.4 Å². The molecule has 11 atom stereocenters. The Morgan fingerprint density at radius 1 is 0.949 bits per heavy atom. The van der Waals surface area contributed by atoms with Crippen LogP contribution in [0.5, 0.6) is 0 Å². The lowest BCUT2D eigenvalue weighted by Crippen LogP contribution is -2.62. The number of carbonyl (C=O) groups is 1. The minimum atomic E-state index is -2.44. The quantitative estimate of drug-likeness (QED) is 0.104. The summed E-state index contributed by atoms with van der Waals surface area (Å²) in [6, 6.07) is 0. The maximum atomic E-state index is 13.4. The molecule has 0 saturated heterocycles. The average Bonchev–Trinajstić information content (AvgIpc) is 3.12. The molecule has 2 rings (SSSR count). The third-order valence-corrected chi connectivity index (χ3v) is 23.7.